The Hall–Kier alpha value is -0.980. The molecule has 0 fully saturated rings. The largest absolute Gasteiger partial charge is 0.370 e. The van der Waals surface area contributed by atoms with Gasteiger partial charge in [-0.05, 0) is 31.9 Å². The van der Waals surface area contributed by atoms with Gasteiger partial charge in [-0.2, -0.15) is 0 Å². The van der Waals surface area contributed by atoms with Crippen LogP contribution in [0.2, 0.25) is 0 Å². The van der Waals surface area contributed by atoms with Crippen molar-refractivity contribution >= 4 is 35.6 Å². The summed E-state index contributed by atoms with van der Waals surface area (Å²) in [5.41, 5.74) is 8.37. The van der Waals surface area contributed by atoms with E-state index in [1.165, 1.54) is 11.3 Å². The maximum absolute atomic E-state index is 5.78. The molecule has 0 atom stereocenters. The third-order valence-corrected chi connectivity index (χ3v) is 3.03. The molecule has 3 N–H and O–H groups in total. The fraction of sp³-hybridized carbons (Fsp3) is 0.533. The van der Waals surface area contributed by atoms with E-state index in [1.54, 1.807) is 0 Å². The Morgan fingerprint density at radius 3 is 2.60 bits per heavy atom. The standard InChI is InChI=1S/C15H26N4.HI/c1-4-10-17-15(16)18-11-12-19(5-2)14-9-7-6-8-13(14)3;/h6-9H,4-5,10-12H2,1-3H3,(H3,16,17,18);1H. The molecule has 5 heteroatoms. The highest BCUT2D eigenvalue weighted by Crippen LogP contribution is 2.18. The van der Waals surface area contributed by atoms with Gasteiger partial charge in [0.15, 0.2) is 5.96 Å². The van der Waals surface area contributed by atoms with Crippen molar-refractivity contribution in [1.29, 1.82) is 0 Å². The molecule has 0 spiro atoms. The van der Waals surface area contributed by atoms with Gasteiger partial charge < -0.3 is 16.0 Å². The number of aliphatic imine (C=N–C) groups is 1. The molecule has 1 aromatic carbocycles. The number of para-hydroxylation sites is 1. The number of likely N-dealkylation sites (N-methyl/N-ethyl adjacent to an activating group) is 1. The molecule has 0 saturated heterocycles. The molecule has 0 aliphatic rings. The number of benzene rings is 1. The van der Waals surface area contributed by atoms with Crippen LogP contribution >= 0.6 is 24.0 Å². The van der Waals surface area contributed by atoms with E-state index in [4.69, 9.17) is 5.73 Å². The predicted octanol–water partition coefficient (Wildman–Crippen LogP) is 2.75. The van der Waals surface area contributed by atoms with Gasteiger partial charge in [0.1, 0.15) is 0 Å². The average Bonchev–Trinajstić information content (AvgIpc) is 2.42. The minimum Gasteiger partial charge on any atom is -0.370 e. The number of guanidine groups is 1. The minimum absolute atomic E-state index is 0. The number of anilines is 1. The zero-order valence-electron chi connectivity index (χ0n) is 12.7. The summed E-state index contributed by atoms with van der Waals surface area (Å²) in [6.45, 7) is 9.90. The van der Waals surface area contributed by atoms with Crippen molar-refractivity contribution < 1.29 is 0 Å². The van der Waals surface area contributed by atoms with Crippen molar-refractivity contribution in [1.82, 2.24) is 5.32 Å². The van der Waals surface area contributed by atoms with Gasteiger partial charge in [-0.1, -0.05) is 25.1 Å². The van der Waals surface area contributed by atoms with Crippen LogP contribution in [0.3, 0.4) is 0 Å². The molecule has 114 valence electrons. The highest BCUT2D eigenvalue weighted by Gasteiger charge is 2.06. The first-order valence-corrected chi connectivity index (χ1v) is 7.03. The van der Waals surface area contributed by atoms with Crippen molar-refractivity contribution in [3.8, 4) is 0 Å². The van der Waals surface area contributed by atoms with Crippen LogP contribution in [0.25, 0.3) is 0 Å². The summed E-state index contributed by atoms with van der Waals surface area (Å²) in [6, 6.07) is 8.45. The molecule has 1 aromatic rings. The molecule has 0 aliphatic carbocycles. The van der Waals surface area contributed by atoms with Crippen molar-refractivity contribution in [3.63, 3.8) is 0 Å². The summed E-state index contributed by atoms with van der Waals surface area (Å²) in [5, 5.41) is 3.16. The summed E-state index contributed by atoms with van der Waals surface area (Å²) >= 11 is 0. The second kappa shape index (κ2) is 10.8. The molecule has 0 saturated carbocycles. The number of aryl methyl sites for hydroxylation is 1. The van der Waals surface area contributed by atoms with Gasteiger partial charge in [-0.25, -0.2) is 0 Å². The Bertz CT molecular complexity index is 407. The number of nitrogens with zero attached hydrogens (tertiary/aromatic N) is 2. The van der Waals surface area contributed by atoms with Crippen molar-refractivity contribution in [2.75, 3.05) is 31.1 Å². The average molecular weight is 390 g/mol. The molecule has 0 aromatic heterocycles. The summed E-state index contributed by atoms with van der Waals surface area (Å²) in [4.78, 5) is 6.56. The number of hydrogen-bond donors (Lipinski definition) is 2. The Morgan fingerprint density at radius 2 is 2.00 bits per heavy atom. The zero-order chi connectivity index (χ0) is 14.1. The Kier molecular flexibility index (Phi) is 10.2. The van der Waals surface area contributed by atoms with E-state index < -0.39 is 0 Å². The predicted molar refractivity (Wildman–Crippen MR) is 99.3 cm³/mol. The summed E-state index contributed by atoms with van der Waals surface area (Å²) in [5.74, 6) is 0.544. The van der Waals surface area contributed by atoms with Gasteiger partial charge in [0.2, 0.25) is 0 Å². The number of hydrogen-bond acceptors (Lipinski definition) is 2. The lowest BCUT2D eigenvalue weighted by molar-refractivity contribution is 0.767. The smallest absolute Gasteiger partial charge is 0.188 e. The van der Waals surface area contributed by atoms with Gasteiger partial charge in [0, 0.05) is 31.9 Å². The first-order chi connectivity index (χ1) is 9.19. The van der Waals surface area contributed by atoms with Crippen LogP contribution in [-0.4, -0.2) is 32.1 Å². The molecular formula is C15H27IN4. The van der Waals surface area contributed by atoms with E-state index in [9.17, 15) is 0 Å². The van der Waals surface area contributed by atoms with Crippen LogP contribution in [-0.2, 0) is 0 Å². The monoisotopic (exact) mass is 390 g/mol. The normalized spacial score (nSPS) is 10.8. The molecule has 0 radical (unpaired) electrons. The second-order valence-electron chi connectivity index (χ2n) is 4.56. The highest BCUT2D eigenvalue weighted by molar-refractivity contribution is 14.0. The number of nitrogens with two attached hydrogens (primary N) is 1. The molecular weight excluding hydrogens is 363 g/mol. The molecule has 0 bridgehead atoms. The maximum Gasteiger partial charge on any atom is 0.188 e. The summed E-state index contributed by atoms with van der Waals surface area (Å²) in [7, 11) is 0. The third kappa shape index (κ3) is 6.45. The van der Waals surface area contributed by atoms with E-state index in [-0.39, 0.29) is 24.0 Å². The molecule has 0 amide bonds. The Morgan fingerprint density at radius 1 is 1.30 bits per heavy atom. The first kappa shape index (κ1) is 19.0. The van der Waals surface area contributed by atoms with E-state index in [2.05, 4.69) is 60.2 Å². The molecule has 4 nitrogen and oxygen atoms in total. The SMILES string of the molecule is CCCN=C(N)NCCN(CC)c1ccccc1C.I. The molecule has 20 heavy (non-hydrogen) atoms. The van der Waals surface area contributed by atoms with Crippen LogP contribution in [0.15, 0.2) is 29.3 Å². The second-order valence-corrected chi connectivity index (χ2v) is 4.56. The first-order valence-electron chi connectivity index (χ1n) is 7.03. The summed E-state index contributed by atoms with van der Waals surface area (Å²) < 4.78 is 0. The van der Waals surface area contributed by atoms with Crippen LogP contribution in [0.5, 0.6) is 0 Å². The van der Waals surface area contributed by atoms with Crippen molar-refractivity contribution in [2.24, 2.45) is 10.7 Å². The number of nitrogens with one attached hydrogen (secondary N) is 1. The van der Waals surface area contributed by atoms with Crippen LogP contribution in [0.1, 0.15) is 25.8 Å². The summed E-state index contributed by atoms with van der Waals surface area (Å²) in [6.07, 6.45) is 1.02. The van der Waals surface area contributed by atoms with E-state index in [0.29, 0.717) is 5.96 Å². The van der Waals surface area contributed by atoms with Crippen LogP contribution < -0.4 is 16.0 Å². The van der Waals surface area contributed by atoms with Gasteiger partial charge in [0.25, 0.3) is 0 Å². The highest BCUT2D eigenvalue weighted by atomic mass is 127. The fourth-order valence-corrected chi connectivity index (χ4v) is 1.97. The van der Waals surface area contributed by atoms with Crippen molar-refractivity contribution in [2.45, 2.75) is 27.2 Å². The third-order valence-electron chi connectivity index (χ3n) is 3.03. The lowest BCUT2D eigenvalue weighted by Crippen LogP contribution is -2.38. The molecule has 0 aliphatic heterocycles. The van der Waals surface area contributed by atoms with Crippen molar-refractivity contribution in [3.05, 3.63) is 29.8 Å². The maximum atomic E-state index is 5.78. The van der Waals surface area contributed by atoms with E-state index in [0.717, 1.165) is 32.6 Å². The lowest BCUT2D eigenvalue weighted by atomic mass is 10.2. The Balaban J connectivity index is 0.00000361. The molecule has 0 unspecified atom stereocenters. The van der Waals surface area contributed by atoms with Gasteiger partial charge in [-0.3, -0.25) is 4.99 Å². The van der Waals surface area contributed by atoms with Gasteiger partial charge in [0.05, 0.1) is 0 Å². The quantitative estimate of drug-likeness (QED) is 0.428. The number of halogens is 1. The number of rotatable bonds is 7. The zero-order valence-corrected chi connectivity index (χ0v) is 15.1. The van der Waals surface area contributed by atoms with Gasteiger partial charge >= 0.3 is 0 Å². The van der Waals surface area contributed by atoms with Crippen LogP contribution in [0, 0.1) is 6.92 Å². The topological polar surface area (TPSA) is 53.6 Å². The van der Waals surface area contributed by atoms with Gasteiger partial charge in [-0.15, -0.1) is 24.0 Å². The Labute approximate surface area is 139 Å². The minimum atomic E-state index is 0. The van der Waals surface area contributed by atoms with E-state index in [1.807, 2.05) is 0 Å². The molecule has 0 heterocycles. The fourth-order valence-electron chi connectivity index (χ4n) is 1.97. The lowest BCUT2D eigenvalue weighted by Gasteiger charge is -2.25. The van der Waals surface area contributed by atoms with Crippen LogP contribution in [0.4, 0.5) is 5.69 Å². The van der Waals surface area contributed by atoms with E-state index >= 15 is 0 Å². The molecule has 1 rings (SSSR count).